The summed E-state index contributed by atoms with van der Waals surface area (Å²) in [6.07, 6.45) is 4.21. The summed E-state index contributed by atoms with van der Waals surface area (Å²) < 4.78 is 37.1. The Labute approximate surface area is 89.1 Å². The van der Waals surface area contributed by atoms with Crippen LogP contribution in [0.2, 0.25) is 0 Å². The van der Waals surface area contributed by atoms with Crippen LogP contribution in [0.25, 0.3) is 0 Å². The third kappa shape index (κ3) is 3.61. The van der Waals surface area contributed by atoms with Gasteiger partial charge in [0.2, 0.25) is 0 Å². The summed E-state index contributed by atoms with van der Waals surface area (Å²) in [7, 11) is -2.46. The van der Waals surface area contributed by atoms with Gasteiger partial charge in [-0.05, 0) is 6.92 Å². The summed E-state index contributed by atoms with van der Waals surface area (Å²) in [4.78, 5) is 0. The van der Waals surface area contributed by atoms with Crippen LogP contribution in [0.4, 0.5) is 0 Å². The van der Waals surface area contributed by atoms with E-state index in [-0.39, 0.29) is 6.61 Å². The first kappa shape index (κ1) is 12.2. The van der Waals surface area contributed by atoms with Crippen LogP contribution in [-0.4, -0.2) is 24.1 Å². The fraction of sp³-hybridized carbons (Fsp3) is 0.625. The molecule has 0 bridgehead atoms. The lowest BCUT2D eigenvalue weighted by molar-refractivity contribution is -0.678. The Morgan fingerprint density at radius 3 is 2.80 bits per heavy atom. The lowest BCUT2D eigenvalue weighted by Gasteiger charge is -2.00. The normalized spacial score (nSPS) is 11.9. The smallest absolute Gasteiger partial charge is 0.264 e. The van der Waals surface area contributed by atoms with E-state index in [4.69, 9.17) is 4.55 Å². The van der Waals surface area contributed by atoms with Crippen LogP contribution in [0.5, 0.6) is 0 Å². The molecular formula is C8H15N2O4S+. The standard InChI is InChI=1S/C8H14N2O4S/c1-3-10-6-5-9(2)8(10)4-7-14-15(11,12)13/h5-6H,3-4,7H2,1-2H3/p+1. The van der Waals surface area contributed by atoms with Crippen LogP contribution in [0.15, 0.2) is 12.4 Å². The predicted molar refractivity (Wildman–Crippen MR) is 52.5 cm³/mol. The van der Waals surface area contributed by atoms with E-state index >= 15 is 0 Å². The second-order valence-corrected chi connectivity index (χ2v) is 4.20. The first-order valence-corrected chi connectivity index (χ1v) is 5.96. The van der Waals surface area contributed by atoms with Gasteiger partial charge in [-0.1, -0.05) is 0 Å². The third-order valence-electron chi connectivity index (χ3n) is 2.11. The zero-order valence-corrected chi connectivity index (χ0v) is 9.57. The molecule has 0 amide bonds. The van der Waals surface area contributed by atoms with Crippen molar-refractivity contribution in [1.29, 1.82) is 0 Å². The zero-order chi connectivity index (χ0) is 11.5. The summed E-state index contributed by atoms with van der Waals surface area (Å²) in [6, 6.07) is 0. The molecule has 0 radical (unpaired) electrons. The van der Waals surface area contributed by atoms with E-state index in [9.17, 15) is 8.42 Å². The van der Waals surface area contributed by atoms with Gasteiger partial charge in [0.05, 0.1) is 26.6 Å². The maximum absolute atomic E-state index is 10.3. The van der Waals surface area contributed by atoms with Crippen LogP contribution < -0.4 is 4.57 Å². The van der Waals surface area contributed by atoms with Crippen LogP contribution in [0.3, 0.4) is 0 Å². The molecule has 1 aromatic heterocycles. The van der Waals surface area contributed by atoms with Crippen LogP contribution in [0, 0.1) is 0 Å². The first-order chi connectivity index (χ1) is 6.94. The number of hydrogen-bond acceptors (Lipinski definition) is 3. The van der Waals surface area contributed by atoms with Crippen molar-refractivity contribution in [2.45, 2.75) is 19.9 Å². The van der Waals surface area contributed by atoms with Gasteiger partial charge in [-0.25, -0.2) is 13.3 Å². The van der Waals surface area contributed by atoms with E-state index in [1.54, 1.807) is 0 Å². The second kappa shape index (κ2) is 4.73. The molecular weight excluding hydrogens is 220 g/mol. The van der Waals surface area contributed by atoms with Gasteiger partial charge in [0.1, 0.15) is 12.4 Å². The Bertz CT molecular complexity index is 424. The number of imidazole rings is 1. The summed E-state index contributed by atoms with van der Waals surface area (Å²) in [5.74, 6) is 0.946. The molecule has 1 aromatic rings. The molecule has 0 aliphatic rings. The largest absolute Gasteiger partial charge is 0.397 e. The lowest BCUT2D eigenvalue weighted by Crippen LogP contribution is -2.33. The third-order valence-corrected chi connectivity index (χ3v) is 2.57. The van der Waals surface area contributed by atoms with Crippen molar-refractivity contribution in [3.05, 3.63) is 18.2 Å². The van der Waals surface area contributed by atoms with Gasteiger partial charge in [0.25, 0.3) is 5.82 Å². The predicted octanol–water partition coefficient (Wildman–Crippen LogP) is -0.306. The molecule has 1 rings (SSSR count). The first-order valence-electron chi connectivity index (χ1n) is 4.59. The summed E-state index contributed by atoms with van der Waals surface area (Å²) in [5.41, 5.74) is 0. The van der Waals surface area contributed by atoms with Gasteiger partial charge in [0, 0.05) is 0 Å². The van der Waals surface area contributed by atoms with E-state index in [0.29, 0.717) is 6.42 Å². The van der Waals surface area contributed by atoms with Crippen molar-refractivity contribution < 1.29 is 21.7 Å². The van der Waals surface area contributed by atoms with Gasteiger partial charge in [-0.3, -0.25) is 4.55 Å². The molecule has 15 heavy (non-hydrogen) atoms. The van der Waals surface area contributed by atoms with Crippen molar-refractivity contribution >= 4 is 10.4 Å². The Morgan fingerprint density at radius 1 is 1.60 bits per heavy atom. The SMILES string of the molecule is CCn1cc[n+](C)c1CCOS(=O)(=O)O. The molecule has 0 aliphatic heterocycles. The highest BCUT2D eigenvalue weighted by atomic mass is 32.3. The molecule has 7 heteroatoms. The van der Waals surface area contributed by atoms with E-state index in [1.807, 2.05) is 35.5 Å². The fourth-order valence-corrected chi connectivity index (χ4v) is 1.70. The highest BCUT2D eigenvalue weighted by molar-refractivity contribution is 7.80. The van der Waals surface area contributed by atoms with Crippen molar-refractivity contribution in [2.24, 2.45) is 7.05 Å². The maximum atomic E-state index is 10.3. The summed E-state index contributed by atoms with van der Waals surface area (Å²) >= 11 is 0. The number of aryl methyl sites for hydroxylation is 2. The Morgan fingerprint density at radius 2 is 2.27 bits per heavy atom. The van der Waals surface area contributed by atoms with E-state index in [0.717, 1.165) is 12.4 Å². The molecule has 0 spiro atoms. The van der Waals surface area contributed by atoms with Crippen molar-refractivity contribution in [3.63, 3.8) is 0 Å². The zero-order valence-electron chi connectivity index (χ0n) is 8.75. The molecule has 1 N–H and O–H groups in total. The molecule has 1 heterocycles. The van der Waals surface area contributed by atoms with Crippen molar-refractivity contribution in [2.75, 3.05) is 6.61 Å². The van der Waals surface area contributed by atoms with Crippen molar-refractivity contribution in [1.82, 2.24) is 4.57 Å². The maximum Gasteiger partial charge on any atom is 0.397 e. The van der Waals surface area contributed by atoms with Crippen LogP contribution in [-0.2, 0) is 34.6 Å². The molecule has 0 saturated heterocycles. The van der Waals surface area contributed by atoms with Gasteiger partial charge in [-0.2, -0.15) is 8.42 Å². The molecule has 0 atom stereocenters. The topological polar surface area (TPSA) is 72.4 Å². The lowest BCUT2D eigenvalue weighted by atomic mass is 10.4. The van der Waals surface area contributed by atoms with Gasteiger partial charge < -0.3 is 0 Å². The number of nitrogens with zero attached hydrogens (tertiary/aromatic N) is 2. The molecule has 0 fully saturated rings. The average Bonchev–Trinajstić information content (AvgIpc) is 2.46. The molecule has 6 nitrogen and oxygen atoms in total. The quantitative estimate of drug-likeness (QED) is 0.561. The second-order valence-electron chi connectivity index (χ2n) is 3.11. The van der Waals surface area contributed by atoms with Crippen LogP contribution in [0.1, 0.15) is 12.7 Å². The number of hydrogen-bond donors (Lipinski definition) is 1. The minimum Gasteiger partial charge on any atom is -0.264 e. The molecule has 0 unspecified atom stereocenters. The van der Waals surface area contributed by atoms with Crippen LogP contribution >= 0.6 is 0 Å². The number of aromatic nitrogens is 2. The Balaban J connectivity index is 2.61. The van der Waals surface area contributed by atoms with E-state index in [2.05, 4.69) is 4.18 Å². The van der Waals surface area contributed by atoms with Gasteiger partial charge >= 0.3 is 10.4 Å². The minimum absolute atomic E-state index is 0.0588. The van der Waals surface area contributed by atoms with E-state index in [1.165, 1.54) is 0 Å². The van der Waals surface area contributed by atoms with Crippen molar-refractivity contribution in [3.8, 4) is 0 Å². The Kier molecular flexibility index (Phi) is 3.83. The van der Waals surface area contributed by atoms with E-state index < -0.39 is 10.4 Å². The summed E-state index contributed by atoms with van der Waals surface area (Å²) in [6.45, 7) is 2.74. The van der Waals surface area contributed by atoms with Gasteiger partial charge in [0.15, 0.2) is 0 Å². The monoisotopic (exact) mass is 235 g/mol. The average molecular weight is 235 g/mol. The summed E-state index contributed by atoms with van der Waals surface area (Å²) in [5, 5.41) is 0. The highest BCUT2D eigenvalue weighted by Gasteiger charge is 2.14. The van der Waals surface area contributed by atoms with Gasteiger partial charge in [-0.15, -0.1) is 0 Å². The molecule has 86 valence electrons. The highest BCUT2D eigenvalue weighted by Crippen LogP contribution is 1.98. The fourth-order valence-electron chi connectivity index (χ4n) is 1.40. The molecule has 0 aliphatic carbocycles. The number of rotatable bonds is 5. The molecule has 0 aromatic carbocycles. The minimum atomic E-state index is -4.33. The Hall–Kier alpha value is -0.920. The molecule has 0 saturated carbocycles.